The van der Waals surface area contributed by atoms with Crippen molar-refractivity contribution < 1.29 is 17.9 Å². The second-order valence-corrected chi connectivity index (χ2v) is 7.93. The van der Waals surface area contributed by atoms with Crippen LogP contribution in [0.25, 0.3) is 0 Å². The van der Waals surface area contributed by atoms with E-state index >= 15 is 0 Å². The molecule has 0 radical (unpaired) electrons. The van der Waals surface area contributed by atoms with Crippen LogP contribution in [-0.2, 0) is 26.0 Å². The summed E-state index contributed by atoms with van der Waals surface area (Å²) in [5.74, 6) is -0.542. The first kappa shape index (κ1) is 17.5. The number of anilines is 1. The van der Waals surface area contributed by atoms with Crippen LogP contribution in [0.15, 0.2) is 53.4 Å². The van der Waals surface area contributed by atoms with Gasteiger partial charge in [0.25, 0.3) is 10.0 Å². The normalized spacial score (nSPS) is 16.6. The highest BCUT2D eigenvalue weighted by Crippen LogP contribution is 2.41. The van der Waals surface area contributed by atoms with Crippen molar-refractivity contribution in [1.82, 2.24) is 0 Å². The third kappa shape index (κ3) is 3.26. The van der Waals surface area contributed by atoms with Gasteiger partial charge in [0.15, 0.2) is 0 Å². The predicted octanol–water partition coefficient (Wildman–Crippen LogP) is 3.10. The number of ether oxygens (including phenoxy) is 1. The number of benzene rings is 2. The predicted molar refractivity (Wildman–Crippen MR) is 96.2 cm³/mol. The average Bonchev–Trinajstić information content (AvgIpc) is 3.01. The highest BCUT2D eigenvalue weighted by molar-refractivity contribution is 7.92. The topological polar surface area (TPSA) is 63.7 Å². The van der Waals surface area contributed by atoms with Gasteiger partial charge in [-0.25, -0.2) is 8.42 Å². The van der Waals surface area contributed by atoms with E-state index in [1.807, 2.05) is 37.3 Å². The van der Waals surface area contributed by atoms with Crippen LogP contribution in [0.5, 0.6) is 0 Å². The van der Waals surface area contributed by atoms with Gasteiger partial charge in [0, 0.05) is 12.5 Å². The Morgan fingerprint density at radius 3 is 2.48 bits per heavy atom. The molecule has 0 fully saturated rings. The summed E-state index contributed by atoms with van der Waals surface area (Å²) in [6.45, 7) is 2.27. The van der Waals surface area contributed by atoms with Gasteiger partial charge >= 0.3 is 5.97 Å². The fourth-order valence-corrected chi connectivity index (χ4v) is 4.70. The van der Waals surface area contributed by atoms with Gasteiger partial charge in [0.2, 0.25) is 0 Å². The second-order valence-electron chi connectivity index (χ2n) is 6.07. The fraction of sp³-hybridized carbons (Fsp3) is 0.316. The van der Waals surface area contributed by atoms with E-state index in [9.17, 15) is 13.2 Å². The van der Waals surface area contributed by atoms with Crippen molar-refractivity contribution in [3.05, 3.63) is 59.7 Å². The third-order valence-electron chi connectivity index (χ3n) is 4.59. The SMILES string of the molecule is CCc1ccc(S(=O)(=O)N2CC(CC(=O)OC)c3ccccc32)cc1. The lowest BCUT2D eigenvalue weighted by atomic mass is 9.98. The molecule has 25 heavy (non-hydrogen) atoms. The zero-order chi connectivity index (χ0) is 18.0. The molecule has 0 amide bonds. The lowest BCUT2D eigenvalue weighted by molar-refractivity contribution is -0.140. The number of para-hydroxylation sites is 1. The van der Waals surface area contributed by atoms with Crippen LogP contribution in [0.4, 0.5) is 5.69 Å². The number of fused-ring (bicyclic) bond motifs is 1. The first-order valence-corrected chi connectivity index (χ1v) is 9.68. The van der Waals surface area contributed by atoms with Gasteiger partial charge in [-0.15, -0.1) is 0 Å². The number of esters is 1. The minimum atomic E-state index is -3.67. The van der Waals surface area contributed by atoms with Crippen molar-refractivity contribution in [1.29, 1.82) is 0 Å². The number of carbonyl (C=O) groups is 1. The molecule has 0 aliphatic carbocycles. The van der Waals surface area contributed by atoms with Gasteiger partial charge in [0.1, 0.15) is 0 Å². The first-order valence-electron chi connectivity index (χ1n) is 8.24. The van der Waals surface area contributed by atoms with Crippen LogP contribution < -0.4 is 4.31 Å². The van der Waals surface area contributed by atoms with Crippen molar-refractivity contribution in [3.63, 3.8) is 0 Å². The molecule has 6 heteroatoms. The molecule has 132 valence electrons. The Hall–Kier alpha value is -2.34. The van der Waals surface area contributed by atoms with E-state index < -0.39 is 10.0 Å². The zero-order valence-corrected chi connectivity index (χ0v) is 15.1. The van der Waals surface area contributed by atoms with E-state index in [2.05, 4.69) is 0 Å². The van der Waals surface area contributed by atoms with Crippen molar-refractivity contribution >= 4 is 21.7 Å². The van der Waals surface area contributed by atoms with Crippen molar-refractivity contribution in [3.8, 4) is 0 Å². The summed E-state index contributed by atoms with van der Waals surface area (Å²) in [4.78, 5) is 11.9. The number of nitrogens with zero attached hydrogens (tertiary/aromatic N) is 1. The van der Waals surface area contributed by atoms with Gasteiger partial charge < -0.3 is 4.74 Å². The Morgan fingerprint density at radius 1 is 1.16 bits per heavy atom. The van der Waals surface area contributed by atoms with Gasteiger partial charge in [-0.1, -0.05) is 37.3 Å². The summed E-state index contributed by atoms with van der Waals surface area (Å²) in [5.41, 5.74) is 2.59. The molecule has 1 atom stereocenters. The maximum atomic E-state index is 13.1. The Bertz CT molecular complexity index is 875. The molecule has 1 unspecified atom stereocenters. The van der Waals surface area contributed by atoms with Crippen LogP contribution in [-0.4, -0.2) is 28.0 Å². The monoisotopic (exact) mass is 359 g/mol. The summed E-state index contributed by atoms with van der Waals surface area (Å²) >= 11 is 0. The number of hydrogen-bond donors (Lipinski definition) is 0. The third-order valence-corrected chi connectivity index (χ3v) is 6.39. The summed E-state index contributed by atoms with van der Waals surface area (Å²) in [6, 6.07) is 14.3. The molecule has 2 aromatic rings. The van der Waals surface area contributed by atoms with Crippen LogP contribution >= 0.6 is 0 Å². The summed E-state index contributed by atoms with van der Waals surface area (Å²) in [5, 5.41) is 0. The highest BCUT2D eigenvalue weighted by atomic mass is 32.2. The van der Waals surface area contributed by atoms with Gasteiger partial charge in [-0.2, -0.15) is 0 Å². The van der Waals surface area contributed by atoms with Crippen molar-refractivity contribution in [2.75, 3.05) is 18.0 Å². The van der Waals surface area contributed by atoms with Crippen LogP contribution in [0.1, 0.15) is 30.4 Å². The minimum absolute atomic E-state index is 0.161. The maximum Gasteiger partial charge on any atom is 0.306 e. The van der Waals surface area contributed by atoms with Crippen molar-refractivity contribution in [2.45, 2.75) is 30.6 Å². The zero-order valence-electron chi connectivity index (χ0n) is 14.3. The Labute approximate surface area is 148 Å². The molecule has 0 saturated heterocycles. The van der Waals surface area contributed by atoms with Gasteiger partial charge in [-0.3, -0.25) is 9.10 Å². The lowest BCUT2D eigenvalue weighted by Gasteiger charge is -2.20. The summed E-state index contributed by atoms with van der Waals surface area (Å²) in [7, 11) is -2.33. The largest absolute Gasteiger partial charge is 0.469 e. The van der Waals surface area contributed by atoms with Gasteiger partial charge in [0.05, 0.1) is 24.1 Å². The summed E-state index contributed by atoms with van der Waals surface area (Å²) in [6.07, 6.45) is 1.02. The molecule has 3 rings (SSSR count). The molecule has 1 heterocycles. The Balaban J connectivity index is 1.97. The first-order chi connectivity index (χ1) is 12.0. The molecular formula is C19H21NO4S. The number of rotatable bonds is 5. The minimum Gasteiger partial charge on any atom is -0.469 e. The Kier molecular flexibility index (Phi) is 4.81. The standard InChI is InChI=1S/C19H21NO4S/c1-3-14-8-10-16(11-9-14)25(22,23)20-13-15(12-19(21)24-2)17-6-4-5-7-18(17)20/h4-11,15H,3,12-13H2,1-2H3. The van der Waals surface area contributed by atoms with E-state index in [1.165, 1.54) is 11.4 Å². The van der Waals surface area contributed by atoms with Crippen molar-refractivity contribution in [2.24, 2.45) is 0 Å². The number of methoxy groups -OCH3 is 1. The van der Waals surface area contributed by atoms with E-state index in [1.54, 1.807) is 18.2 Å². The molecular weight excluding hydrogens is 338 g/mol. The van der Waals surface area contributed by atoms with Crippen LogP contribution in [0.3, 0.4) is 0 Å². The van der Waals surface area contributed by atoms with Crippen LogP contribution in [0, 0.1) is 0 Å². The summed E-state index contributed by atoms with van der Waals surface area (Å²) < 4.78 is 32.4. The lowest BCUT2D eigenvalue weighted by Crippen LogP contribution is -2.30. The molecule has 1 aliphatic heterocycles. The molecule has 0 N–H and O–H groups in total. The highest BCUT2D eigenvalue weighted by Gasteiger charge is 2.37. The molecule has 0 bridgehead atoms. The molecule has 0 spiro atoms. The van der Waals surface area contributed by atoms with E-state index in [0.717, 1.165) is 17.5 Å². The van der Waals surface area contributed by atoms with Crippen LogP contribution in [0.2, 0.25) is 0 Å². The number of aryl methyl sites for hydroxylation is 1. The number of hydrogen-bond acceptors (Lipinski definition) is 4. The smallest absolute Gasteiger partial charge is 0.306 e. The molecule has 2 aromatic carbocycles. The molecule has 0 saturated carbocycles. The average molecular weight is 359 g/mol. The number of carbonyl (C=O) groups excluding carboxylic acids is 1. The molecule has 1 aliphatic rings. The van der Waals surface area contributed by atoms with E-state index in [4.69, 9.17) is 4.74 Å². The second kappa shape index (κ2) is 6.88. The quantitative estimate of drug-likeness (QED) is 0.770. The maximum absolute atomic E-state index is 13.1. The van der Waals surface area contributed by atoms with Gasteiger partial charge in [-0.05, 0) is 35.7 Å². The number of sulfonamides is 1. The van der Waals surface area contributed by atoms with E-state index in [0.29, 0.717) is 5.69 Å². The molecule has 0 aromatic heterocycles. The molecule has 5 nitrogen and oxygen atoms in total. The van der Waals surface area contributed by atoms with E-state index in [-0.39, 0.29) is 29.7 Å². The Morgan fingerprint density at radius 2 is 1.84 bits per heavy atom. The fourth-order valence-electron chi connectivity index (χ4n) is 3.17.